The zero-order valence-corrected chi connectivity index (χ0v) is 14.0. The van der Waals surface area contributed by atoms with Crippen LogP contribution in [0, 0.1) is 0 Å². The Balaban J connectivity index is 1.35. The van der Waals surface area contributed by atoms with Gasteiger partial charge in [0.25, 0.3) is 5.91 Å². The Hall–Kier alpha value is -2.76. The van der Waals surface area contributed by atoms with Crippen molar-refractivity contribution < 1.29 is 14.3 Å². The number of hydrogen-bond donors (Lipinski definition) is 1. The number of aromatic nitrogens is 1. The van der Waals surface area contributed by atoms with Gasteiger partial charge in [0.1, 0.15) is 19.0 Å². The summed E-state index contributed by atoms with van der Waals surface area (Å²) >= 11 is 0. The quantitative estimate of drug-likeness (QED) is 0.929. The molecule has 0 radical (unpaired) electrons. The fourth-order valence-electron chi connectivity index (χ4n) is 3.25. The lowest BCUT2D eigenvalue weighted by molar-refractivity contribution is 0.0930. The number of rotatable bonds is 3. The topological polar surface area (TPSA) is 63.7 Å². The van der Waals surface area contributed by atoms with E-state index in [4.69, 9.17) is 9.47 Å². The predicted molar refractivity (Wildman–Crippen MR) is 94.4 cm³/mol. The van der Waals surface area contributed by atoms with Crippen LogP contribution in [-0.2, 0) is 0 Å². The summed E-state index contributed by atoms with van der Waals surface area (Å²) in [6, 6.07) is 11.5. The molecule has 130 valence electrons. The van der Waals surface area contributed by atoms with Gasteiger partial charge in [0, 0.05) is 30.9 Å². The van der Waals surface area contributed by atoms with Crippen LogP contribution >= 0.6 is 0 Å². The number of ether oxygens (including phenoxy) is 2. The number of anilines is 1. The Bertz CT molecular complexity index is 743. The van der Waals surface area contributed by atoms with E-state index in [0.29, 0.717) is 30.3 Å². The fourth-order valence-corrected chi connectivity index (χ4v) is 3.25. The summed E-state index contributed by atoms with van der Waals surface area (Å²) in [5, 5.41) is 3.13. The van der Waals surface area contributed by atoms with Crippen LogP contribution in [0.4, 0.5) is 5.82 Å². The Morgan fingerprint density at radius 3 is 2.64 bits per heavy atom. The van der Waals surface area contributed by atoms with E-state index in [0.717, 1.165) is 31.7 Å². The molecular weight excluding hydrogens is 318 g/mol. The normalized spacial score (nSPS) is 17.2. The second kappa shape index (κ2) is 7.01. The summed E-state index contributed by atoms with van der Waals surface area (Å²) in [5.74, 6) is 2.28. The fraction of sp³-hybridized carbons (Fsp3) is 0.368. The molecule has 25 heavy (non-hydrogen) atoms. The number of pyridine rings is 1. The molecule has 1 aromatic carbocycles. The standard InChI is InChI=1S/C19H21N3O3/c23-19(14-4-5-16-17(13-14)25-12-11-24-16)21-15-6-9-22(10-7-15)18-3-1-2-8-20-18/h1-5,8,13,15H,6-7,9-12H2,(H,21,23). The molecule has 4 rings (SSSR count). The van der Waals surface area contributed by atoms with Crippen LogP contribution in [-0.4, -0.2) is 43.2 Å². The SMILES string of the molecule is O=C(NC1CCN(c2ccccn2)CC1)c1ccc2c(c1)OCCO2. The van der Waals surface area contributed by atoms with Gasteiger partial charge >= 0.3 is 0 Å². The number of carbonyl (C=O) groups is 1. The van der Waals surface area contributed by atoms with Gasteiger partial charge in [-0.25, -0.2) is 4.98 Å². The molecule has 2 aliphatic rings. The molecule has 1 aromatic heterocycles. The first-order valence-corrected chi connectivity index (χ1v) is 8.66. The van der Waals surface area contributed by atoms with Crippen LogP contribution in [0.2, 0.25) is 0 Å². The smallest absolute Gasteiger partial charge is 0.251 e. The highest BCUT2D eigenvalue weighted by molar-refractivity contribution is 5.95. The number of hydrogen-bond acceptors (Lipinski definition) is 5. The van der Waals surface area contributed by atoms with E-state index in [1.165, 1.54) is 0 Å². The molecule has 0 spiro atoms. The van der Waals surface area contributed by atoms with Crippen LogP contribution in [0.25, 0.3) is 0 Å². The van der Waals surface area contributed by atoms with E-state index in [9.17, 15) is 4.79 Å². The second-order valence-corrected chi connectivity index (χ2v) is 6.28. The van der Waals surface area contributed by atoms with Crippen molar-refractivity contribution in [2.45, 2.75) is 18.9 Å². The van der Waals surface area contributed by atoms with Crippen molar-refractivity contribution in [1.82, 2.24) is 10.3 Å². The average Bonchev–Trinajstić information content (AvgIpc) is 2.69. The van der Waals surface area contributed by atoms with Crippen molar-refractivity contribution in [1.29, 1.82) is 0 Å². The number of nitrogens with zero attached hydrogens (tertiary/aromatic N) is 2. The van der Waals surface area contributed by atoms with Gasteiger partial charge in [-0.2, -0.15) is 0 Å². The average molecular weight is 339 g/mol. The summed E-state index contributed by atoms with van der Waals surface area (Å²) in [4.78, 5) is 19.2. The minimum absolute atomic E-state index is 0.0618. The van der Waals surface area contributed by atoms with Gasteiger partial charge in [0.15, 0.2) is 11.5 Å². The van der Waals surface area contributed by atoms with Gasteiger partial charge < -0.3 is 19.7 Å². The molecule has 3 heterocycles. The highest BCUT2D eigenvalue weighted by atomic mass is 16.6. The molecule has 1 N–H and O–H groups in total. The number of amides is 1. The monoisotopic (exact) mass is 339 g/mol. The predicted octanol–water partition coefficient (Wildman–Crippen LogP) is 2.25. The van der Waals surface area contributed by atoms with E-state index in [1.807, 2.05) is 24.4 Å². The maximum absolute atomic E-state index is 12.5. The minimum atomic E-state index is -0.0618. The Kier molecular flexibility index (Phi) is 4.41. The zero-order chi connectivity index (χ0) is 17.1. The summed E-state index contributed by atoms with van der Waals surface area (Å²) in [6.07, 6.45) is 3.63. The number of fused-ring (bicyclic) bond motifs is 1. The molecule has 1 saturated heterocycles. The van der Waals surface area contributed by atoms with Crippen LogP contribution in [0.3, 0.4) is 0 Å². The highest BCUT2D eigenvalue weighted by Gasteiger charge is 2.22. The molecule has 1 amide bonds. The molecule has 1 fully saturated rings. The van der Waals surface area contributed by atoms with Crippen LogP contribution in [0.5, 0.6) is 11.5 Å². The zero-order valence-electron chi connectivity index (χ0n) is 14.0. The van der Waals surface area contributed by atoms with Crippen molar-refractivity contribution in [3.63, 3.8) is 0 Å². The van der Waals surface area contributed by atoms with Crippen molar-refractivity contribution in [2.24, 2.45) is 0 Å². The lowest BCUT2D eigenvalue weighted by Gasteiger charge is -2.33. The summed E-state index contributed by atoms with van der Waals surface area (Å²) in [7, 11) is 0. The third-order valence-corrected chi connectivity index (χ3v) is 4.61. The van der Waals surface area contributed by atoms with Gasteiger partial charge in [-0.1, -0.05) is 6.07 Å². The number of carbonyl (C=O) groups excluding carboxylic acids is 1. The summed E-state index contributed by atoms with van der Waals surface area (Å²) in [6.45, 7) is 2.85. The third kappa shape index (κ3) is 3.52. The lowest BCUT2D eigenvalue weighted by Crippen LogP contribution is -2.45. The van der Waals surface area contributed by atoms with Gasteiger partial charge in [0.05, 0.1) is 0 Å². The molecule has 0 aliphatic carbocycles. The second-order valence-electron chi connectivity index (χ2n) is 6.28. The summed E-state index contributed by atoms with van der Waals surface area (Å²) < 4.78 is 11.0. The van der Waals surface area contributed by atoms with E-state index >= 15 is 0 Å². The minimum Gasteiger partial charge on any atom is -0.486 e. The van der Waals surface area contributed by atoms with Gasteiger partial charge in [-0.3, -0.25) is 4.79 Å². The van der Waals surface area contributed by atoms with Crippen LogP contribution in [0.1, 0.15) is 23.2 Å². The Labute approximate surface area is 146 Å². The Morgan fingerprint density at radius 2 is 1.88 bits per heavy atom. The molecular formula is C19H21N3O3. The van der Waals surface area contributed by atoms with E-state index in [2.05, 4.69) is 15.2 Å². The molecule has 0 bridgehead atoms. The molecule has 6 heteroatoms. The third-order valence-electron chi connectivity index (χ3n) is 4.61. The van der Waals surface area contributed by atoms with E-state index in [1.54, 1.807) is 18.2 Å². The van der Waals surface area contributed by atoms with Crippen LogP contribution in [0.15, 0.2) is 42.6 Å². The maximum Gasteiger partial charge on any atom is 0.251 e. The molecule has 0 unspecified atom stereocenters. The van der Waals surface area contributed by atoms with Gasteiger partial charge in [-0.05, 0) is 43.2 Å². The highest BCUT2D eigenvalue weighted by Crippen LogP contribution is 2.30. The van der Waals surface area contributed by atoms with Crippen molar-refractivity contribution in [3.05, 3.63) is 48.2 Å². The first-order valence-electron chi connectivity index (χ1n) is 8.66. The first-order chi connectivity index (χ1) is 12.3. The van der Waals surface area contributed by atoms with E-state index in [-0.39, 0.29) is 11.9 Å². The van der Waals surface area contributed by atoms with E-state index < -0.39 is 0 Å². The molecule has 2 aromatic rings. The van der Waals surface area contributed by atoms with Gasteiger partial charge in [-0.15, -0.1) is 0 Å². The number of benzene rings is 1. The maximum atomic E-state index is 12.5. The number of nitrogens with one attached hydrogen (secondary N) is 1. The molecule has 2 aliphatic heterocycles. The molecule has 0 saturated carbocycles. The lowest BCUT2D eigenvalue weighted by atomic mass is 10.0. The largest absolute Gasteiger partial charge is 0.486 e. The van der Waals surface area contributed by atoms with Gasteiger partial charge in [0.2, 0.25) is 0 Å². The summed E-state index contributed by atoms with van der Waals surface area (Å²) in [5.41, 5.74) is 0.608. The first kappa shape index (κ1) is 15.7. The van der Waals surface area contributed by atoms with Crippen molar-refractivity contribution >= 4 is 11.7 Å². The van der Waals surface area contributed by atoms with Crippen LogP contribution < -0.4 is 19.7 Å². The Morgan fingerprint density at radius 1 is 1.08 bits per heavy atom. The molecule has 0 atom stereocenters. The molecule has 6 nitrogen and oxygen atoms in total. The van der Waals surface area contributed by atoms with Crippen molar-refractivity contribution in [3.8, 4) is 11.5 Å². The van der Waals surface area contributed by atoms with Crippen molar-refractivity contribution in [2.75, 3.05) is 31.2 Å². The number of piperidine rings is 1.